The fourth-order valence-electron chi connectivity index (χ4n) is 4.83. The molecule has 4 heteroatoms. The zero-order valence-corrected chi connectivity index (χ0v) is 13.9. The minimum Gasteiger partial charge on any atom is -0.381 e. The molecule has 124 valence electrons. The van der Waals surface area contributed by atoms with Crippen molar-refractivity contribution in [1.29, 1.82) is 0 Å². The molecule has 1 aromatic rings. The molecular formula is C19H26N2O2. The lowest BCUT2D eigenvalue weighted by atomic mass is 9.89. The standard InChI is InChI=1S/C19H26N2O2/c1-14(22)21-12-16-11-20(17-7-9-23-10-8-17)13-18(16)19(21)15-5-3-2-4-6-15/h2-6,16-19H,7-13H2,1H3/t16-,18-,19+/m1/s1. The molecule has 3 saturated heterocycles. The quantitative estimate of drug-likeness (QED) is 0.840. The normalized spacial score (nSPS) is 32.2. The molecule has 4 rings (SSSR count). The smallest absolute Gasteiger partial charge is 0.219 e. The van der Waals surface area contributed by atoms with Gasteiger partial charge in [0.25, 0.3) is 0 Å². The fourth-order valence-corrected chi connectivity index (χ4v) is 4.83. The van der Waals surface area contributed by atoms with Crippen LogP contribution in [-0.2, 0) is 9.53 Å². The molecule has 1 aromatic carbocycles. The Bertz CT molecular complexity index is 556. The van der Waals surface area contributed by atoms with Crippen molar-refractivity contribution in [3.8, 4) is 0 Å². The first-order valence-electron chi connectivity index (χ1n) is 8.88. The van der Waals surface area contributed by atoms with E-state index in [1.807, 2.05) is 0 Å². The van der Waals surface area contributed by atoms with E-state index in [-0.39, 0.29) is 11.9 Å². The number of rotatable bonds is 2. The summed E-state index contributed by atoms with van der Waals surface area (Å²) in [7, 11) is 0. The van der Waals surface area contributed by atoms with Crippen molar-refractivity contribution in [3.63, 3.8) is 0 Å². The highest BCUT2D eigenvalue weighted by Gasteiger charge is 2.49. The van der Waals surface area contributed by atoms with Crippen LogP contribution in [0.3, 0.4) is 0 Å². The van der Waals surface area contributed by atoms with Crippen molar-refractivity contribution in [2.75, 3.05) is 32.8 Å². The van der Waals surface area contributed by atoms with Crippen LogP contribution in [-0.4, -0.2) is 54.6 Å². The number of likely N-dealkylation sites (tertiary alicyclic amines) is 2. The molecule has 0 N–H and O–H groups in total. The summed E-state index contributed by atoms with van der Waals surface area (Å²) < 4.78 is 5.51. The van der Waals surface area contributed by atoms with Gasteiger partial charge in [0.1, 0.15) is 0 Å². The summed E-state index contributed by atoms with van der Waals surface area (Å²) in [5.74, 6) is 1.40. The van der Waals surface area contributed by atoms with Gasteiger partial charge in [-0.05, 0) is 24.3 Å². The van der Waals surface area contributed by atoms with Crippen LogP contribution in [0.25, 0.3) is 0 Å². The largest absolute Gasteiger partial charge is 0.381 e. The molecule has 0 aromatic heterocycles. The van der Waals surface area contributed by atoms with Crippen molar-refractivity contribution < 1.29 is 9.53 Å². The van der Waals surface area contributed by atoms with E-state index in [0.717, 1.165) is 45.7 Å². The lowest BCUT2D eigenvalue weighted by Crippen LogP contribution is -2.41. The molecule has 3 atom stereocenters. The number of hydrogen-bond acceptors (Lipinski definition) is 3. The summed E-state index contributed by atoms with van der Waals surface area (Å²) >= 11 is 0. The van der Waals surface area contributed by atoms with Gasteiger partial charge in [0.2, 0.25) is 5.91 Å². The topological polar surface area (TPSA) is 32.8 Å². The van der Waals surface area contributed by atoms with Crippen LogP contribution < -0.4 is 0 Å². The zero-order chi connectivity index (χ0) is 15.8. The number of benzene rings is 1. The summed E-state index contributed by atoms with van der Waals surface area (Å²) in [4.78, 5) is 16.9. The average molecular weight is 314 g/mol. The first-order chi connectivity index (χ1) is 11.2. The van der Waals surface area contributed by atoms with Gasteiger partial charge in [0.15, 0.2) is 0 Å². The van der Waals surface area contributed by atoms with Gasteiger partial charge in [-0.25, -0.2) is 0 Å². The van der Waals surface area contributed by atoms with E-state index in [0.29, 0.717) is 17.9 Å². The maximum absolute atomic E-state index is 12.1. The van der Waals surface area contributed by atoms with E-state index in [4.69, 9.17) is 4.74 Å². The summed E-state index contributed by atoms with van der Waals surface area (Å²) in [6.45, 7) is 6.70. The van der Waals surface area contributed by atoms with Gasteiger partial charge < -0.3 is 9.64 Å². The monoisotopic (exact) mass is 314 g/mol. The first kappa shape index (κ1) is 15.2. The molecular weight excluding hydrogens is 288 g/mol. The molecule has 4 nitrogen and oxygen atoms in total. The number of hydrogen-bond donors (Lipinski definition) is 0. The van der Waals surface area contributed by atoms with E-state index < -0.39 is 0 Å². The predicted molar refractivity (Wildman–Crippen MR) is 89.0 cm³/mol. The maximum Gasteiger partial charge on any atom is 0.219 e. The van der Waals surface area contributed by atoms with Crippen LogP contribution in [0.2, 0.25) is 0 Å². The average Bonchev–Trinajstić information content (AvgIpc) is 3.14. The Morgan fingerprint density at radius 1 is 1.09 bits per heavy atom. The second-order valence-corrected chi connectivity index (χ2v) is 7.25. The third-order valence-electron chi connectivity index (χ3n) is 5.95. The highest BCUT2D eigenvalue weighted by molar-refractivity contribution is 5.74. The summed E-state index contributed by atoms with van der Waals surface area (Å²) in [5, 5.41) is 0. The molecule has 3 aliphatic rings. The highest BCUT2D eigenvalue weighted by Crippen LogP contribution is 2.45. The fraction of sp³-hybridized carbons (Fsp3) is 0.632. The lowest BCUT2D eigenvalue weighted by Gasteiger charge is -2.34. The molecule has 0 aliphatic carbocycles. The molecule has 3 heterocycles. The van der Waals surface area contributed by atoms with Gasteiger partial charge in [-0.3, -0.25) is 9.69 Å². The molecule has 3 aliphatic heterocycles. The van der Waals surface area contributed by atoms with E-state index >= 15 is 0 Å². The van der Waals surface area contributed by atoms with Gasteiger partial charge in [-0.2, -0.15) is 0 Å². The number of fused-ring (bicyclic) bond motifs is 1. The molecule has 1 amide bonds. The summed E-state index contributed by atoms with van der Waals surface area (Å²) in [6.07, 6.45) is 2.32. The first-order valence-corrected chi connectivity index (χ1v) is 8.88. The van der Waals surface area contributed by atoms with Crippen LogP contribution >= 0.6 is 0 Å². The van der Waals surface area contributed by atoms with Crippen molar-refractivity contribution in [1.82, 2.24) is 9.80 Å². The van der Waals surface area contributed by atoms with Crippen LogP contribution in [0.5, 0.6) is 0 Å². The van der Waals surface area contributed by atoms with Gasteiger partial charge in [0.05, 0.1) is 6.04 Å². The van der Waals surface area contributed by atoms with E-state index in [9.17, 15) is 4.79 Å². The Balaban J connectivity index is 1.55. The van der Waals surface area contributed by atoms with Crippen LogP contribution in [0.1, 0.15) is 31.4 Å². The second kappa shape index (κ2) is 6.25. The third kappa shape index (κ3) is 2.79. The lowest BCUT2D eigenvalue weighted by molar-refractivity contribution is -0.130. The summed E-state index contributed by atoms with van der Waals surface area (Å²) in [5.41, 5.74) is 1.30. The molecule has 0 spiro atoms. The Kier molecular flexibility index (Phi) is 4.12. The highest BCUT2D eigenvalue weighted by atomic mass is 16.5. The Morgan fingerprint density at radius 2 is 1.83 bits per heavy atom. The number of amides is 1. The van der Waals surface area contributed by atoms with E-state index in [1.165, 1.54) is 5.56 Å². The number of carbonyl (C=O) groups excluding carboxylic acids is 1. The van der Waals surface area contributed by atoms with E-state index in [2.05, 4.69) is 40.1 Å². The zero-order valence-electron chi connectivity index (χ0n) is 13.9. The third-order valence-corrected chi connectivity index (χ3v) is 5.95. The molecule has 3 fully saturated rings. The Labute approximate surface area is 138 Å². The molecule has 23 heavy (non-hydrogen) atoms. The number of ether oxygens (including phenoxy) is 1. The number of carbonyl (C=O) groups is 1. The Hall–Kier alpha value is -1.39. The van der Waals surface area contributed by atoms with E-state index in [1.54, 1.807) is 6.92 Å². The van der Waals surface area contributed by atoms with Crippen molar-refractivity contribution in [2.24, 2.45) is 11.8 Å². The maximum atomic E-state index is 12.1. The molecule has 0 unspecified atom stereocenters. The molecule has 0 bridgehead atoms. The summed E-state index contributed by atoms with van der Waals surface area (Å²) in [6, 6.07) is 11.5. The van der Waals surface area contributed by atoms with Gasteiger partial charge in [0, 0.05) is 51.7 Å². The van der Waals surface area contributed by atoms with Crippen LogP contribution in [0.15, 0.2) is 30.3 Å². The van der Waals surface area contributed by atoms with Crippen molar-refractivity contribution in [2.45, 2.75) is 31.8 Å². The SMILES string of the molecule is CC(=O)N1C[C@H]2CN(C3CCOCC3)C[C@H]2[C@@H]1c1ccccc1. The van der Waals surface area contributed by atoms with Crippen molar-refractivity contribution >= 4 is 5.91 Å². The van der Waals surface area contributed by atoms with Crippen LogP contribution in [0.4, 0.5) is 0 Å². The van der Waals surface area contributed by atoms with Gasteiger partial charge in [-0.1, -0.05) is 30.3 Å². The Morgan fingerprint density at radius 3 is 2.52 bits per heavy atom. The minimum atomic E-state index is 0.214. The van der Waals surface area contributed by atoms with Crippen LogP contribution in [0, 0.1) is 11.8 Å². The minimum absolute atomic E-state index is 0.214. The van der Waals surface area contributed by atoms with Crippen molar-refractivity contribution in [3.05, 3.63) is 35.9 Å². The molecule has 0 saturated carbocycles. The number of nitrogens with zero attached hydrogens (tertiary/aromatic N) is 2. The molecule has 0 radical (unpaired) electrons. The van der Waals surface area contributed by atoms with Gasteiger partial charge in [-0.15, -0.1) is 0 Å². The predicted octanol–water partition coefficient (Wildman–Crippen LogP) is 2.32. The second-order valence-electron chi connectivity index (χ2n) is 7.25. The van der Waals surface area contributed by atoms with Gasteiger partial charge >= 0.3 is 0 Å².